The summed E-state index contributed by atoms with van der Waals surface area (Å²) in [6.45, 7) is 4.08. The average Bonchev–Trinajstić information content (AvgIpc) is 3.07. The first kappa shape index (κ1) is 15.7. The first-order valence-electron chi connectivity index (χ1n) is 8.10. The topological polar surface area (TPSA) is 71.8 Å². The summed E-state index contributed by atoms with van der Waals surface area (Å²) in [5.41, 5.74) is 1.80. The molecule has 1 atom stereocenters. The maximum absolute atomic E-state index is 12.5. The van der Waals surface area contributed by atoms with Crippen molar-refractivity contribution in [2.45, 2.75) is 44.8 Å². The second-order valence-electron chi connectivity index (χ2n) is 6.26. The van der Waals surface area contributed by atoms with Crippen LogP contribution in [-0.4, -0.2) is 32.8 Å². The molecule has 0 radical (unpaired) electrons. The first-order chi connectivity index (χ1) is 11.2. The summed E-state index contributed by atoms with van der Waals surface area (Å²) in [6, 6.07) is 8.10. The van der Waals surface area contributed by atoms with Crippen molar-refractivity contribution in [1.82, 2.24) is 25.4 Å². The number of carbonyl (C=O) groups excluding carboxylic acids is 1. The standard InChI is InChI=1S/C17H23N5O/c1-17(8-4-5-9-20-17)16(23)19-10-14-6-2-3-7-15(14)11-22-13-18-12-21-22/h2-3,6-7,12-13,20H,4-5,8-11H2,1H3,(H,19,23). The molecular formula is C17H23N5O. The van der Waals surface area contributed by atoms with Crippen molar-refractivity contribution in [1.29, 1.82) is 0 Å². The molecule has 122 valence electrons. The molecule has 2 heterocycles. The van der Waals surface area contributed by atoms with Crippen molar-refractivity contribution in [2.75, 3.05) is 6.54 Å². The van der Waals surface area contributed by atoms with Crippen LogP contribution in [0, 0.1) is 0 Å². The zero-order chi connectivity index (χ0) is 16.1. The molecule has 2 aromatic rings. The monoisotopic (exact) mass is 313 g/mol. The predicted octanol–water partition coefficient (Wildman–Crippen LogP) is 1.47. The minimum absolute atomic E-state index is 0.0766. The zero-order valence-corrected chi connectivity index (χ0v) is 13.5. The van der Waals surface area contributed by atoms with Crippen LogP contribution in [0.2, 0.25) is 0 Å². The van der Waals surface area contributed by atoms with Gasteiger partial charge >= 0.3 is 0 Å². The van der Waals surface area contributed by atoms with Crippen LogP contribution in [0.15, 0.2) is 36.9 Å². The highest BCUT2D eigenvalue weighted by atomic mass is 16.2. The Kier molecular flexibility index (Phi) is 4.71. The number of amides is 1. The van der Waals surface area contributed by atoms with E-state index in [1.165, 1.54) is 6.33 Å². The SMILES string of the molecule is CC1(C(=O)NCc2ccccc2Cn2cncn2)CCCCN1. The van der Waals surface area contributed by atoms with E-state index in [1.54, 1.807) is 11.0 Å². The van der Waals surface area contributed by atoms with Crippen molar-refractivity contribution >= 4 is 5.91 Å². The number of rotatable bonds is 5. The molecule has 1 amide bonds. The molecule has 1 aliphatic heterocycles. The number of nitrogens with zero attached hydrogens (tertiary/aromatic N) is 3. The molecule has 1 unspecified atom stereocenters. The fourth-order valence-electron chi connectivity index (χ4n) is 2.99. The van der Waals surface area contributed by atoms with Crippen LogP contribution < -0.4 is 10.6 Å². The maximum Gasteiger partial charge on any atom is 0.240 e. The molecule has 3 rings (SSSR count). The third-order valence-corrected chi connectivity index (χ3v) is 4.48. The number of hydrogen-bond acceptors (Lipinski definition) is 4. The van der Waals surface area contributed by atoms with Crippen LogP contribution >= 0.6 is 0 Å². The largest absolute Gasteiger partial charge is 0.350 e. The van der Waals surface area contributed by atoms with Gasteiger partial charge in [-0.15, -0.1) is 0 Å². The highest BCUT2D eigenvalue weighted by Gasteiger charge is 2.33. The molecular weight excluding hydrogens is 290 g/mol. The summed E-state index contributed by atoms with van der Waals surface area (Å²) in [7, 11) is 0. The smallest absolute Gasteiger partial charge is 0.240 e. The minimum atomic E-state index is -0.445. The molecule has 0 aliphatic carbocycles. The van der Waals surface area contributed by atoms with Gasteiger partial charge in [-0.1, -0.05) is 24.3 Å². The van der Waals surface area contributed by atoms with E-state index in [0.29, 0.717) is 13.1 Å². The fourth-order valence-corrected chi connectivity index (χ4v) is 2.99. The van der Waals surface area contributed by atoms with Gasteiger partial charge in [0.05, 0.1) is 12.1 Å². The second-order valence-corrected chi connectivity index (χ2v) is 6.26. The van der Waals surface area contributed by atoms with Crippen LogP contribution in [0.1, 0.15) is 37.3 Å². The Morgan fingerprint density at radius 2 is 2.17 bits per heavy atom. The molecule has 6 heteroatoms. The Labute approximate surface area is 136 Å². The molecule has 0 bridgehead atoms. The van der Waals surface area contributed by atoms with Crippen LogP contribution in [0.3, 0.4) is 0 Å². The lowest BCUT2D eigenvalue weighted by molar-refractivity contribution is -0.128. The van der Waals surface area contributed by atoms with Gasteiger partial charge in [0.25, 0.3) is 0 Å². The second kappa shape index (κ2) is 6.91. The number of hydrogen-bond donors (Lipinski definition) is 2. The lowest BCUT2D eigenvalue weighted by Gasteiger charge is -2.33. The molecule has 1 fully saturated rings. The van der Waals surface area contributed by atoms with E-state index in [9.17, 15) is 4.79 Å². The maximum atomic E-state index is 12.5. The number of piperidine rings is 1. The molecule has 1 saturated heterocycles. The normalized spacial score (nSPS) is 21.1. The highest BCUT2D eigenvalue weighted by Crippen LogP contribution is 2.19. The Morgan fingerprint density at radius 3 is 2.87 bits per heavy atom. The van der Waals surface area contributed by atoms with Crippen LogP contribution in [0.4, 0.5) is 0 Å². The van der Waals surface area contributed by atoms with Crippen LogP contribution in [0.5, 0.6) is 0 Å². The van der Waals surface area contributed by atoms with Crippen LogP contribution in [0.25, 0.3) is 0 Å². The summed E-state index contributed by atoms with van der Waals surface area (Å²) in [5, 5.41) is 10.6. The molecule has 1 aromatic heterocycles. The Morgan fingerprint density at radius 1 is 1.35 bits per heavy atom. The molecule has 6 nitrogen and oxygen atoms in total. The lowest BCUT2D eigenvalue weighted by atomic mass is 9.90. The third kappa shape index (κ3) is 3.76. The van der Waals surface area contributed by atoms with Gasteiger partial charge in [0, 0.05) is 6.54 Å². The first-order valence-corrected chi connectivity index (χ1v) is 8.10. The van der Waals surface area contributed by atoms with Gasteiger partial charge in [-0.2, -0.15) is 5.10 Å². The fraction of sp³-hybridized carbons (Fsp3) is 0.471. The van der Waals surface area contributed by atoms with E-state index in [0.717, 1.165) is 36.9 Å². The molecule has 0 saturated carbocycles. The molecule has 1 aromatic carbocycles. The highest BCUT2D eigenvalue weighted by molar-refractivity contribution is 5.85. The molecule has 23 heavy (non-hydrogen) atoms. The predicted molar refractivity (Wildman–Crippen MR) is 87.7 cm³/mol. The molecule has 1 aliphatic rings. The number of nitrogens with one attached hydrogen (secondary N) is 2. The zero-order valence-electron chi connectivity index (χ0n) is 13.5. The summed E-state index contributed by atoms with van der Waals surface area (Å²) in [5.74, 6) is 0.0766. The molecule has 0 spiro atoms. The Bertz CT molecular complexity index is 647. The van der Waals surface area contributed by atoms with Gasteiger partial charge in [0.15, 0.2) is 0 Å². The van der Waals surface area contributed by atoms with Gasteiger partial charge < -0.3 is 10.6 Å². The van der Waals surface area contributed by atoms with E-state index in [1.807, 2.05) is 25.1 Å². The Hall–Kier alpha value is -2.21. The summed E-state index contributed by atoms with van der Waals surface area (Å²) in [4.78, 5) is 16.5. The summed E-state index contributed by atoms with van der Waals surface area (Å²) >= 11 is 0. The van der Waals surface area contributed by atoms with Crippen molar-refractivity contribution < 1.29 is 4.79 Å². The van der Waals surface area contributed by atoms with Crippen molar-refractivity contribution in [3.05, 3.63) is 48.0 Å². The van der Waals surface area contributed by atoms with Crippen molar-refractivity contribution in [2.24, 2.45) is 0 Å². The van der Waals surface area contributed by atoms with E-state index in [4.69, 9.17) is 0 Å². The van der Waals surface area contributed by atoms with Crippen molar-refractivity contribution in [3.63, 3.8) is 0 Å². The van der Waals surface area contributed by atoms with E-state index >= 15 is 0 Å². The minimum Gasteiger partial charge on any atom is -0.350 e. The van der Waals surface area contributed by atoms with Crippen molar-refractivity contribution in [3.8, 4) is 0 Å². The van der Waals surface area contributed by atoms with E-state index in [2.05, 4.69) is 26.8 Å². The number of benzene rings is 1. The van der Waals surface area contributed by atoms with Gasteiger partial charge in [-0.05, 0) is 43.9 Å². The Balaban J connectivity index is 1.65. The summed E-state index contributed by atoms with van der Waals surface area (Å²) < 4.78 is 1.78. The van der Waals surface area contributed by atoms with Gasteiger partial charge in [0.2, 0.25) is 5.91 Å². The van der Waals surface area contributed by atoms with Gasteiger partial charge in [-0.25, -0.2) is 9.67 Å². The number of carbonyl (C=O) groups is 1. The van der Waals surface area contributed by atoms with Gasteiger partial charge in [-0.3, -0.25) is 4.79 Å². The van der Waals surface area contributed by atoms with Crippen LogP contribution in [-0.2, 0) is 17.9 Å². The van der Waals surface area contributed by atoms with Gasteiger partial charge in [0.1, 0.15) is 12.7 Å². The molecule has 2 N–H and O–H groups in total. The van der Waals surface area contributed by atoms with E-state index < -0.39 is 5.54 Å². The van der Waals surface area contributed by atoms with E-state index in [-0.39, 0.29) is 5.91 Å². The lowest BCUT2D eigenvalue weighted by Crippen LogP contribution is -2.56. The third-order valence-electron chi connectivity index (χ3n) is 4.48. The average molecular weight is 313 g/mol. The quantitative estimate of drug-likeness (QED) is 0.877. The number of aromatic nitrogens is 3. The summed E-state index contributed by atoms with van der Waals surface area (Å²) in [6.07, 6.45) is 6.35.